The van der Waals surface area contributed by atoms with E-state index in [9.17, 15) is 39.0 Å². The lowest BCUT2D eigenvalue weighted by Gasteiger charge is -2.26. The summed E-state index contributed by atoms with van der Waals surface area (Å²) >= 11 is 0. The maximum Gasteiger partial charge on any atom is 0.326 e. The number of aliphatic hydroxyl groups excluding tert-OH is 1. The maximum absolute atomic E-state index is 12.8. The van der Waals surface area contributed by atoms with Crippen molar-refractivity contribution in [2.45, 2.75) is 75.7 Å². The Bertz CT molecular complexity index is 746. The highest BCUT2D eigenvalue weighted by Gasteiger charge is 2.32. The molecule has 0 spiro atoms. The standard InChI is InChI=1S/C19H35N7O8/c1-9(27)15(26-16(30)10(21)5-6-13(22)28)18(32)24-11(4-2-3-7-20)17(31)25-12(19(33)34)8-14(23)29/h9-12,15,27H,2-8,20-21H2,1H3,(H2,22,28)(H2,23,29)(H,24,32)(H,25,31)(H,26,30)(H,33,34). The second-order valence-electron chi connectivity index (χ2n) is 7.75. The topological polar surface area (TPSA) is 283 Å². The van der Waals surface area contributed by atoms with Crippen LogP contribution in [0.2, 0.25) is 0 Å². The molecule has 0 fully saturated rings. The number of carbonyl (C=O) groups excluding carboxylic acids is 5. The van der Waals surface area contributed by atoms with Crippen molar-refractivity contribution >= 4 is 35.5 Å². The Morgan fingerprint density at radius 1 is 0.824 bits per heavy atom. The number of carbonyl (C=O) groups is 6. The molecule has 15 nitrogen and oxygen atoms in total. The van der Waals surface area contributed by atoms with Crippen LogP contribution in [0.15, 0.2) is 0 Å². The highest BCUT2D eigenvalue weighted by molar-refractivity contribution is 5.95. The second-order valence-corrected chi connectivity index (χ2v) is 7.75. The average Bonchev–Trinajstić information content (AvgIpc) is 2.73. The van der Waals surface area contributed by atoms with Crippen LogP contribution in [0.25, 0.3) is 0 Å². The number of amides is 5. The molecule has 0 heterocycles. The summed E-state index contributed by atoms with van der Waals surface area (Å²) in [7, 11) is 0. The van der Waals surface area contributed by atoms with Crippen molar-refractivity contribution in [3.05, 3.63) is 0 Å². The third kappa shape index (κ3) is 12.1. The van der Waals surface area contributed by atoms with Gasteiger partial charge in [-0.05, 0) is 39.2 Å². The number of unbranched alkanes of at least 4 members (excludes halogenated alkanes) is 1. The van der Waals surface area contributed by atoms with Crippen molar-refractivity contribution in [3.8, 4) is 0 Å². The highest BCUT2D eigenvalue weighted by atomic mass is 16.4. The largest absolute Gasteiger partial charge is 0.480 e. The van der Waals surface area contributed by atoms with E-state index in [1.165, 1.54) is 6.92 Å². The minimum absolute atomic E-state index is 0.0519. The zero-order chi connectivity index (χ0) is 26.4. The van der Waals surface area contributed by atoms with Crippen LogP contribution in [-0.4, -0.2) is 82.5 Å². The first-order valence-electron chi connectivity index (χ1n) is 10.6. The average molecular weight is 490 g/mol. The van der Waals surface area contributed by atoms with Gasteiger partial charge in [0.25, 0.3) is 0 Å². The SMILES string of the molecule is CC(O)C(NC(=O)C(N)CCC(N)=O)C(=O)NC(CCCCN)C(=O)NC(CC(N)=O)C(=O)O. The Labute approximate surface area is 196 Å². The molecule has 0 aromatic carbocycles. The van der Waals surface area contributed by atoms with Crippen LogP contribution >= 0.6 is 0 Å². The molecule has 0 aliphatic rings. The van der Waals surface area contributed by atoms with Gasteiger partial charge >= 0.3 is 5.97 Å². The number of rotatable bonds is 17. The molecule has 5 unspecified atom stereocenters. The van der Waals surface area contributed by atoms with Crippen LogP contribution in [-0.2, 0) is 28.8 Å². The maximum atomic E-state index is 12.8. The van der Waals surface area contributed by atoms with Gasteiger partial charge in [0, 0.05) is 6.42 Å². The van der Waals surface area contributed by atoms with Crippen molar-refractivity contribution < 1.29 is 39.0 Å². The fourth-order valence-electron chi connectivity index (χ4n) is 2.79. The first kappa shape index (κ1) is 30.7. The molecule has 34 heavy (non-hydrogen) atoms. The van der Waals surface area contributed by atoms with Gasteiger partial charge in [0.15, 0.2) is 0 Å². The number of hydrogen-bond donors (Lipinski definition) is 9. The zero-order valence-corrected chi connectivity index (χ0v) is 19.0. The fraction of sp³-hybridized carbons (Fsp3) is 0.684. The first-order chi connectivity index (χ1) is 15.8. The minimum Gasteiger partial charge on any atom is -0.480 e. The van der Waals surface area contributed by atoms with Crippen molar-refractivity contribution in [2.24, 2.45) is 22.9 Å². The number of aliphatic carboxylic acids is 1. The summed E-state index contributed by atoms with van der Waals surface area (Å²) in [6.07, 6.45) is -1.39. The number of hydrogen-bond acceptors (Lipinski definition) is 9. The van der Waals surface area contributed by atoms with E-state index in [1.54, 1.807) is 0 Å². The van der Waals surface area contributed by atoms with Crippen molar-refractivity contribution in [1.29, 1.82) is 0 Å². The van der Waals surface area contributed by atoms with Gasteiger partial charge in [-0.2, -0.15) is 0 Å². The number of nitrogens with two attached hydrogens (primary N) is 4. The Kier molecular flexibility index (Phi) is 14.0. The van der Waals surface area contributed by atoms with Crippen LogP contribution in [0, 0.1) is 0 Å². The van der Waals surface area contributed by atoms with Crippen LogP contribution in [0.3, 0.4) is 0 Å². The van der Waals surface area contributed by atoms with E-state index < -0.39 is 72.2 Å². The Morgan fingerprint density at radius 3 is 1.88 bits per heavy atom. The molecule has 0 aromatic heterocycles. The van der Waals surface area contributed by atoms with Crippen molar-refractivity contribution in [2.75, 3.05) is 6.54 Å². The molecular weight excluding hydrogens is 454 g/mol. The van der Waals surface area contributed by atoms with E-state index in [0.717, 1.165) is 0 Å². The monoisotopic (exact) mass is 489 g/mol. The zero-order valence-electron chi connectivity index (χ0n) is 19.0. The summed E-state index contributed by atoms with van der Waals surface area (Å²) in [5, 5.41) is 25.9. The summed E-state index contributed by atoms with van der Waals surface area (Å²) in [5.74, 6) is -5.82. The second kappa shape index (κ2) is 15.5. The lowest BCUT2D eigenvalue weighted by Crippen LogP contribution is -2.59. The lowest BCUT2D eigenvalue weighted by molar-refractivity contribution is -0.144. The van der Waals surface area contributed by atoms with Gasteiger partial charge in [-0.1, -0.05) is 0 Å². The molecule has 13 N–H and O–H groups in total. The lowest BCUT2D eigenvalue weighted by atomic mass is 10.0. The van der Waals surface area contributed by atoms with Gasteiger partial charge in [-0.25, -0.2) is 4.79 Å². The van der Waals surface area contributed by atoms with E-state index >= 15 is 0 Å². The smallest absolute Gasteiger partial charge is 0.326 e. The number of primary amides is 2. The van der Waals surface area contributed by atoms with E-state index in [1.807, 2.05) is 0 Å². The van der Waals surface area contributed by atoms with Gasteiger partial charge in [-0.15, -0.1) is 0 Å². The number of nitrogens with one attached hydrogen (secondary N) is 3. The van der Waals surface area contributed by atoms with Crippen molar-refractivity contribution in [1.82, 2.24) is 16.0 Å². The van der Waals surface area contributed by atoms with Crippen molar-refractivity contribution in [3.63, 3.8) is 0 Å². The predicted octanol–water partition coefficient (Wildman–Crippen LogP) is -4.50. The molecule has 0 aliphatic heterocycles. The summed E-state index contributed by atoms with van der Waals surface area (Å²) in [6, 6.07) is -5.59. The molecule has 0 rings (SSSR count). The number of aliphatic hydroxyl groups is 1. The van der Waals surface area contributed by atoms with Gasteiger partial charge in [0.1, 0.15) is 18.1 Å². The third-order valence-electron chi connectivity index (χ3n) is 4.70. The van der Waals surface area contributed by atoms with E-state index in [2.05, 4.69) is 16.0 Å². The Morgan fingerprint density at radius 2 is 1.41 bits per heavy atom. The molecule has 0 bridgehead atoms. The molecule has 0 aromatic rings. The Balaban J connectivity index is 5.43. The van der Waals surface area contributed by atoms with Gasteiger partial charge in [0.2, 0.25) is 29.5 Å². The molecule has 5 amide bonds. The third-order valence-corrected chi connectivity index (χ3v) is 4.70. The Hall–Kier alpha value is -3.30. The van der Waals surface area contributed by atoms with Gasteiger partial charge < -0.3 is 49.1 Å². The van der Waals surface area contributed by atoms with Gasteiger partial charge in [-0.3, -0.25) is 24.0 Å². The molecule has 15 heteroatoms. The fourth-order valence-corrected chi connectivity index (χ4v) is 2.79. The quantitative estimate of drug-likeness (QED) is 0.0882. The molecule has 194 valence electrons. The number of carboxylic acids is 1. The summed E-state index contributed by atoms with van der Waals surface area (Å²) < 4.78 is 0. The van der Waals surface area contributed by atoms with E-state index in [-0.39, 0.29) is 19.3 Å². The molecule has 0 radical (unpaired) electrons. The van der Waals surface area contributed by atoms with E-state index in [0.29, 0.717) is 19.4 Å². The van der Waals surface area contributed by atoms with Crippen LogP contribution in [0.4, 0.5) is 0 Å². The molecule has 0 saturated heterocycles. The number of carboxylic acid groups (broad SMARTS) is 1. The highest BCUT2D eigenvalue weighted by Crippen LogP contribution is 2.05. The molecule has 5 atom stereocenters. The van der Waals surface area contributed by atoms with Crippen LogP contribution < -0.4 is 38.9 Å². The molecule has 0 saturated carbocycles. The normalized spacial score (nSPS) is 15.2. The van der Waals surface area contributed by atoms with Gasteiger partial charge in [0.05, 0.1) is 18.6 Å². The first-order valence-corrected chi connectivity index (χ1v) is 10.6. The minimum atomic E-state index is -1.62. The summed E-state index contributed by atoms with van der Waals surface area (Å²) in [4.78, 5) is 70.9. The predicted molar refractivity (Wildman–Crippen MR) is 118 cm³/mol. The molecular formula is C19H35N7O8. The van der Waals surface area contributed by atoms with E-state index in [4.69, 9.17) is 22.9 Å². The summed E-state index contributed by atoms with van der Waals surface area (Å²) in [6.45, 7) is 1.52. The van der Waals surface area contributed by atoms with Crippen LogP contribution in [0.5, 0.6) is 0 Å². The summed E-state index contributed by atoms with van der Waals surface area (Å²) in [5.41, 5.74) is 21.1. The molecule has 0 aliphatic carbocycles. The van der Waals surface area contributed by atoms with Crippen LogP contribution in [0.1, 0.15) is 45.4 Å².